The molecule has 0 heterocycles. The Morgan fingerprint density at radius 2 is 2.05 bits per heavy atom. The van der Waals surface area contributed by atoms with Crippen LogP contribution in [0.3, 0.4) is 0 Å². The highest BCUT2D eigenvalue weighted by molar-refractivity contribution is 7.91. The molecule has 0 fully saturated rings. The number of benzene rings is 1. The Morgan fingerprint density at radius 3 is 2.65 bits per heavy atom. The summed E-state index contributed by atoms with van der Waals surface area (Å²) in [5.41, 5.74) is 0.0824. The summed E-state index contributed by atoms with van der Waals surface area (Å²) in [5.74, 6) is -0.614. The van der Waals surface area contributed by atoms with Crippen molar-refractivity contribution in [3.05, 3.63) is 29.8 Å². The lowest BCUT2D eigenvalue weighted by molar-refractivity contribution is 0.0609. The average Bonchev–Trinajstić information content (AvgIpc) is 2.45. The van der Waals surface area contributed by atoms with Gasteiger partial charge in [-0.25, -0.2) is 8.42 Å². The van der Waals surface area contributed by atoms with Crippen LogP contribution in [0.5, 0.6) is 0 Å². The van der Waals surface area contributed by atoms with Gasteiger partial charge in [0.2, 0.25) is 0 Å². The molecule has 1 aromatic carbocycles. The minimum atomic E-state index is -3.47. The fraction of sp³-hybridized carbons (Fsp3) is 0.462. The third-order valence-electron chi connectivity index (χ3n) is 2.70. The second-order valence-corrected chi connectivity index (χ2v) is 6.47. The first kappa shape index (κ1) is 16.6. The number of hydrogen-bond acceptors (Lipinski definition) is 5. The molecule has 0 aliphatic rings. The van der Waals surface area contributed by atoms with Gasteiger partial charge >= 0.3 is 0 Å². The lowest BCUT2D eigenvalue weighted by Gasteiger charge is -2.12. The van der Waals surface area contributed by atoms with Crippen LogP contribution < -0.4 is 5.32 Å². The molecular weight excluding hydrogens is 282 g/mol. The van der Waals surface area contributed by atoms with Crippen LogP contribution in [0.25, 0.3) is 0 Å². The molecule has 0 saturated carbocycles. The monoisotopic (exact) mass is 301 g/mol. The molecule has 0 bridgehead atoms. The largest absolute Gasteiger partial charge is 0.389 e. The van der Waals surface area contributed by atoms with Crippen LogP contribution in [0.1, 0.15) is 17.3 Å². The van der Waals surface area contributed by atoms with E-state index in [1.54, 1.807) is 12.1 Å². The zero-order valence-corrected chi connectivity index (χ0v) is 12.3. The van der Waals surface area contributed by atoms with Gasteiger partial charge in [0.25, 0.3) is 5.91 Å². The molecule has 6 nitrogen and oxygen atoms in total. The third-order valence-corrected chi connectivity index (χ3v) is 4.49. The first-order chi connectivity index (χ1) is 9.42. The van der Waals surface area contributed by atoms with Crippen LogP contribution in [0.4, 0.5) is 0 Å². The summed E-state index contributed by atoms with van der Waals surface area (Å²) in [4.78, 5) is 12.0. The second-order valence-electron chi connectivity index (χ2n) is 4.22. The van der Waals surface area contributed by atoms with E-state index in [4.69, 9.17) is 4.74 Å². The summed E-state index contributed by atoms with van der Waals surface area (Å²) >= 11 is 0. The van der Waals surface area contributed by atoms with Gasteiger partial charge in [-0.15, -0.1) is 0 Å². The normalized spacial score (nSPS) is 12.9. The summed E-state index contributed by atoms with van der Waals surface area (Å²) in [6.45, 7) is 1.61. The van der Waals surface area contributed by atoms with Crippen LogP contribution in [0, 0.1) is 0 Å². The molecule has 1 aromatic rings. The van der Waals surface area contributed by atoms with Crippen LogP contribution in [-0.4, -0.2) is 51.5 Å². The Morgan fingerprint density at radius 1 is 1.40 bits per heavy atom. The van der Waals surface area contributed by atoms with Crippen molar-refractivity contribution in [2.75, 3.05) is 26.0 Å². The summed E-state index contributed by atoms with van der Waals surface area (Å²) in [7, 11) is -2.03. The first-order valence-electron chi connectivity index (χ1n) is 6.19. The Balaban J connectivity index is 2.89. The van der Waals surface area contributed by atoms with Crippen LogP contribution in [0.2, 0.25) is 0 Å². The number of hydrogen-bond donors (Lipinski definition) is 2. The van der Waals surface area contributed by atoms with Crippen molar-refractivity contribution in [1.82, 2.24) is 5.32 Å². The first-order valence-corrected chi connectivity index (χ1v) is 7.84. The molecule has 20 heavy (non-hydrogen) atoms. The van der Waals surface area contributed by atoms with Crippen LogP contribution >= 0.6 is 0 Å². The van der Waals surface area contributed by atoms with E-state index in [1.165, 1.54) is 26.2 Å². The predicted molar refractivity (Wildman–Crippen MR) is 74.4 cm³/mol. The van der Waals surface area contributed by atoms with Gasteiger partial charge in [-0.2, -0.15) is 0 Å². The summed E-state index contributed by atoms with van der Waals surface area (Å²) in [6.07, 6.45) is -0.834. The molecule has 0 spiro atoms. The van der Waals surface area contributed by atoms with E-state index in [-0.39, 0.29) is 29.4 Å². The summed E-state index contributed by atoms with van der Waals surface area (Å²) in [5, 5.41) is 11.9. The number of aliphatic hydroxyl groups excluding tert-OH is 1. The molecule has 0 saturated heterocycles. The highest BCUT2D eigenvalue weighted by Gasteiger charge is 2.20. The lowest BCUT2D eigenvalue weighted by atomic mass is 10.2. The van der Waals surface area contributed by atoms with Crippen molar-refractivity contribution in [1.29, 1.82) is 0 Å². The number of rotatable bonds is 7. The van der Waals surface area contributed by atoms with E-state index in [0.29, 0.717) is 0 Å². The standard InChI is InChI=1S/C13H19NO5S/c1-3-20(17,18)12-7-5-4-6-11(12)13(16)14-8-10(15)9-19-2/h4-7,10,15H,3,8-9H2,1-2H3,(H,14,16). The number of carbonyl (C=O) groups excluding carboxylic acids is 1. The van der Waals surface area contributed by atoms with Crippen molar-refractivity contribution in [3.8, 4) is 0 Å². The smallest absolute Gasteiger partial charge is 0.252 e. The molecule has 7 heteroatoms. The number of carbonyl (C=O) groups is 1. The molecule has 0 aromatic heterocycles. The van der Waals surface area contributed by atoms with Crippen molar-refractivity contribution in [3.63, 3.8) is 0 Å². The maximum atomic E-state index is 12.0. The molecule has 1 unspecified atom stereocenters. The molecule has 2 N–H and O–H groups in total. The topological polar surface area (TPSA) is 92.7 Å². The van der Waals surface area contributed by atoms with Gasteiger partial charge in [0.15, 0.2) is 9.84 Å². The van der Waals surface area contributed by atoms with Gasteiger partial charge in [-0.05, 0) is 12.1 Å². The van der Waals surface area contributed by atoms with Gasteiger partial charge in [0.1, 0.15) is 0 Å². The molecule has 0 aliphatic heterocycles. The van der Waals surface area contributed by atoms with Crippen LogP contribution in [0.15, 0.2) is 29.2 Å². The Labute approximate surface area is 118 Å². The fourth-order valence-corrected chi connectivity index (χ4v) is 2.73. The van der Waals surface area contributed by atoms with Crippen molar-refractivity contribution in [2.45, 2.75) is 17.9 Å². The van der Waals surface area contributed by atoms with Gasteiger partial charge in [0.05, 0.1) is 28.9 Å². The van der Waals surface area contributed by atoms with E-state index in [9.17, 15) is 18.3 Å². The summed E-state index contributed by atoms with van der Waals surface area (Å²) in [6, 6.07) is 6.01. The van der Waals surface area contributed by atoms with Gasteiger partial charge in [-0.1, -0.05) is 19.1 Å². The van der Waals surface area contributed by atoms with E-state index in [1.807, 2.05) is 0 Å². The number of aliphatic hydroxyl groups is 1. The van der Waals surface area contributed by atoms with E-state index < -0.39 is 21.8 Å². The SMILES string of the molecule is CCS(=O)(=O)c1ccccc1C(=O)NCC(O)COC. The van der Waals surface area contributed by atoms with Gasteiger partial charge in [0, 0.05) is 13.7 Å². The van der Waals surface area contributed by atoms with Crippen molar-refractivity contribution < 1.29 is 23.1 Å². The molecule has 1 amide bonds. The molecule has 0 radical (unpaired) electrons. The number of nitrogens with one attached hydrogen (secondary N) is 1. The lowest BCUT2D eigenvalue weighted by Crippen LogP contribution is -2.35. The minimum absolute atomic E-state index is 0.00114. The molecular formula is C13H19NO5S. The maximum Gasteiger partial charge on any atom is 0.252 e. The van der Waals surface area contributed by atoms with Gasteiger partial charge < -0.3 is 15.2 Å². The van der Waals surface area contributed by atoms with E-state index in [0.717, 1.165) is 0 Å². The van der Waals surface area contributed by atoms with Gasteiger partial charge in [-0.3, -0.25) is 4.79 Å². The fourth-order valence-electron chi connectivity index (χ4n) is 1.64. The highest BCUT2D eigenvalue weighted by Crippen LogP contribution is 2.16. The molecule has 0 aliphatic carbocycles. The number of amides is 1. The quantitative estimate of drug-likeness (QED) is 0.751. The molecule has 1 rings (SSSR count). The zero-order chi connectivity index (χ0) is 15.2. The number of sulfone groups is 1. The van der Waals surface area contributed by atoms with Crippen LogP contribution in [-0.2, 0) is 14.6 Å². The van der Waals surface area contributed by atoms with E-state index in [2.05, 4.69) is 5.32 Å². The summed E-state index contributed by atoms with van der Waals surface area (Å²) < 4.78 is 28.6. The Bertz CT molecular complexity index is 556. The third kappa shape index (κ3) is 4.29. The predicted octanol–water partition coefficient (Wildman–Crippen LogP) is 0.217. The van der Waals surface area contributed by atoms with Crippen molar-refractivity contribution in [2.24, 2.45) is 0 Å². The van der Waals surface area contributed by atoms with E-state index >= 15 is 0 Å². The number of ether oxygens (including phenoxy) is 1. The second kappa shape index (κ2) is 7.37. The average molecular weight is 301 g/mol. The molecule has 1 atom stereocenters. The van der Waals surface area contributed by atoms with Crippen molar-refractivity contribution >= 4 is 15.7 Å². The maximum absolute atomic E-state index is 12.0. The zero-order valence-electron chi connectivity index (χ0n) is 11.5. The number of methoxy groups -OCH3 is 1. The minimum Gasteiger partial charge on any atom is -0.389 e. The molecule has 112 valence electrons. The Kier molecular flexibility index (Phi) is 6.12. The highest BCUT2D eigenvalue weighted by atomic mass is 32.2. The Hall–Kier alpha value is -1.44.